The van der Waals surface area contributed by atoms with Gasteiger partial charge in [0.25, 0.3) is 0 Å². The molecule has 0 saturated carbocycles. The number of guanidine groups is 1. The van der Waals surface area contributed by atoms with Crippen molar-refractivity contribution in [3.63, 3.8) is 0 Å². The lowest BCUT2D eigenvalue weighted by Gasteiger charge is -2.10. The van der Waals surface area contributed by atoms with E-state index in [0.717, 1.165) is 30.0 Å². The summed E-state index contributed by atoms with van der Waals surface area (Å²) in [7, 11) is 1.65. The number of nitrogens with two attached hydrogens (primary N) is 1. The molecule has 0 aliphatic carbocycles. The normalized spacial score (nSPS) is 11.3. The summed E-state index contributed by atoms with van der Waals surface area (Å²) in [5, 5.41) is 3.07. The van der Waals surface area contributed by atoms with Gasteiger partial charge in [-0.1, -0.05) is 6.92 Å². The maximum atomic E-state index is 5.74. The molecule has 0 saturated heterocycles. The Kier molecular flexibility index (Phi) is 4.64. The second-order valence-electron chi connectivity index (χ2n) is 3.57. The SMILES string of the molecule is CCCN=C(N)Nc1ccc(OC)cc1C. The third-order valence-electron chi connectivity index (χ3n) is 2.20. The Labute approximate surface area is 96.5 Å². The first-order chi connectivity index (χ1) is 7.67. The van der Waals surface area contributed by atoms with E-state index in [0.29, 0.717) is 5.96 Å². The summed E-state index contributed by atoms with van der Waals surface area (Å²) < 4.78 is 5.13. The van der Waals surface area contributed by atoms with Gasteiger partial charge in [-0.25, -0.2) is 0 Å². The monoisotopic (exact) mass is 221 g/mol. The van der Waals surface area contributed by atoms with Gasteiger partial charge in [-0.2, -0.15) is 0 Å². The molecule has 0 heterocycles. The maximum absolute atomic E-state index is 5.74. The van der Waals surface area contributed by atoms with E-state index in [9.17, 15) is 0 Å². The number of nitrogens with one attached hydrogen (secondary N) is 1. The molecule has 1 aromatic rings. The smallest absolute Gasteiger partial charge is 0.193 e. The molecule has 4 heteroatoms. The van der Waals surface area contributed by atoms with Crippen molar-refractivity contribution in [3.8, 4) is 5.75 Å². The van der Waals surface area contributed by atoms with Gasteiger partial charge in [-0.3, -0.25) is 4.99 Å². The average Bonchev–Trinajstić information content (AvgIpc) is 2.29. The first-order valence-electron chi connectivity index (χ1n) is 5.39. The van der Waals surface area contributed by atoms with E-state index < -0.39 is 0 Å². The summed E-state index contributed by atoms with van der Waals surface area (Å²) in [5.74, 6) is 1.29. The predicted molar refractivity (Wildman–Crippen MR) is 68.1 cm³/mol. The van der Waals surface area contributed by atoms with Gasteiger partial charge in [-0.15, -0.1) is 0 Å². The Balaban J connectivity index is 2.74. The number of aliphatic imine (C=N–C) groups is 1. The first-order valence-corrected chi connectivity index (χ1v) is 5.39. The molecule has 0 aromatic heterocycles. The summed E-state index contributed by atoms with van der Waals surface area (Å²) in [6, 6.07) is 5.78. The van der Waals surface area contributed by atoms with Crippen molar-refractivity contribution >= 4 is 11.6 Å². The van der Waals surface area contributed by atoms with E-state index in [2.05, 4.69) is 17.2 Å². The van der Waals surface area contributed by atoms with Crippen LogP contribution in [0.5, 0.6) is 5.75 Å². The molecule has 0 unspecified atom stereocenters. The third kappa shape index (κ3) is 3.46. The molecule has 0 atom stereocenters. The van der Waals surface area contributed by atoms with Gasteiger partial charge < -0.3 is 15.8 Å². The molecule has 88 valence electrons. The fourth-order valence-electron chi connectivity index (χ4n) is 1.31. The lowest BCUT2D eigenvalue weighted by molar-refractivity contribution is 0.414. The highest BCUT2D eigenvalue weighted by molar-refractivity contribution is 5.93. The zero-order valence-corrected chi connectivity index (χ0v) is 10.1. The summed E-state index contributed by atoms with van der Waals surface area (Å²) in [4.78, 5) is 4.17. The van der Waals surface area contributed by atoms with E-state index in [4.69, 9.17) is 10.5 Å². The number of hydrogen-bond donors (Lipinski definition) is 2. The van der Waals surface area contributed by atoms with Crippen LogP contribution in [0.3, 0.4) is 0 Å². The summed E-state index contributed by atoms with van der Waals surface area (Å²) in [6.07, 6.45) is 0.990. The number of anilines is 1. The molecule has 0 bridgehead atoms. The zero-order chi connectivity index (χ0) is 12.0. The Morgan fingerprint density at radius 2 is 2.25 bits per heavy atom. The van der Waals surface area contributed by atoms with Gasteiger partial charge in [-0.05, 0) is 37.1 Å². The molecule has 0 radical (unpaired) electrons. The van der Waals surface area contributed by atoms with E-state index >= 15 is 0 Å². The fraction of sp³-hybridized carbons (Fsp3) is 0.417. The third-order valence-corrected chi connectivity index (χ3v) is 2.20. The second-order valence-corrected chi connectivity index (χ2v) is 3.57. The number of benzene rings is 1. The van der Waals surface area contributed by atoms with Crippen LogP contribution < -0.4 is 15.8 Å². The fourth-order valence-corrected chi connectivity index (χ4v) is 1.31. The van der Waals surface area contributed by atoms with Crippen LogP contribution >= 0.6 is 0 Å². The van der Waals surface area contributed by atoms with Gasteiger partial charge in [0, 0.05) is 12.2 Å². The molecule has 0 spiro atoms. The summed E-state index contributed by atoms with van der Waals surface area (Å²) in [5.41, 5.74) is 7.77. The Morgan fingerprint density at radius 1 is 1.50 bits per heavy atom. The summed E-state index contributed by atoms with van der Waals surface area (Å²) >= 11 is 0. The van der Waals surface area contributed by atoms with Gasteiger partial charge in [0.05, 0.1) is 7.11 Å². The lowest BCUT2D eigenvalue weighted by atomic mass is 10.2. The maximum Gasteiger partial charge on any atom is 0.193 e. The van der Waals surface area contributed by atoms with Crippen molar-refractivity contribution in [2.75, 3.05) is 19.0 Å². The molecule has 3 N–H and O–H groups in total. The highest BCUT2D eigenvalue weighted by Gasteiger charge is 2.01. The van der Waals surface area contributed by atoms with E-state index in [1.807, 2.05) is 25.1 Å². The predicted octanol–water partition coefficient (Wildman–Crippen LogP) is 2.14. The molecule has 0 fully saturated rings. The van der Waals surface area contributed by atoms with Crippen molar-refractivity contribution in [2.45, 2.75) is 20.3 Å². The van der Waals surface area contributed by atoms with Crippen molar-refractivity contribution in [1.82, 2.24) is 0 Å². The molecular formula is C12H19N3O. The van der Waals surface area contributed by atoms with Crippen LogP contribution in [0.2, 0.25) is 0 Å². The number of hydrogen-bond acceptors (Lipinski definition) is 2. The van der Waals surface area contributed by atoms with Gasteiger partial charge >= 0.3 is 0 Å². The van der Waals surface area contributed by atoms with Gasteiger partial charge in [0.15, 0.2) is 5.96 Å². The molecule has 16 heavy (non-hydrogen) atoms. The molecule has 1 aromatic carbocycles. The second kappa shape index (κ2) is 6.00. The van der Waals surface area contributed by atoms with Gasteiger partial charge in [0.2, 0.25) is 0 Å². The minimum Gasteiger partial charge on any atom is -0.497 e. The number of rotatable bonds is 4. The van der Waals surface area contributed by atoms with Crippen LogP contribution in [-0.2, 0) is 0 Å². The molecule has 0 amide bonds. The van der Waals surface area contributed by atoms with Crippen LogP contribution in [0.15, 0.2) is 23.2 Å². The van der Waals surface area contributed by atoms with Crippen molar-refractivity contribution in [1.29, 1.82) is 0 Å². The Hall–Kier alpha value is -1.71. The highest BCUT2D eigenvalue weighted by Crippen LogP contribution is 2.20. The van der Waals surface area contributed by atoms with Crippen molar-refractivity contribution in [3.05, 3.63) is 23.8 Å². The zero-order valence-electron chi connectivity index (χ0n) is 10.1. The molecule has 0 aliphatic rings. The topological polar surface area (TPSA) is 59.6 Å². The highest BCUT2D eigenvalue weighted by atomic mass is 16.5. The van der Waals surface area contributed by atoms with Crippen LogP contribution in [0.25, 0.3) is 0 Å². The first kappa shape index (κ1) is 12.4. The van der Waals surface area contributed by atoms with Crippen LogP contribution in [0.4, 0.5) is 5.69 Å². The number of methoxy groups -OCH3 is 1. The van der Waals surface area contributed by atoms with E-state index in [-0.39, 0.29) is 0 Å². The number of ether oxygens (including phenoxy) is 1. The van der Waals surface area contributed by atoms with Crippen LogP contribution in [0, 0.1) is 6.92 Å². The quantitative estimate of drug-likeness (QED) is 0.605. The largest absolute Gasteiger partial charge is 0.497 e. The van der Waals surface area contributed by atoms with Gasteiger partial charge in [0.1, 0.15) is 5.75 Å². The van der Waals surface area contributed by atoms with Crippen LogP contribution in [0.1, 0.15) is 18.9 Å². The lowest BCUT2D eigenvalue weighted by Crippen LogP contribution is -2.23. The van der Waals surface area contributed by atoms with Crippen molar-refractivity contribution in [2.24, 2.45) is 10.7 Å². The standard InChI is InChI=1S/C12H19N3O/c1-4-7-14-12(13)15-11-6-5-10(16-3)8-9(11)2/h5-6,8H,4,7H2,1-3H3,(H3,13,14,15). The van der Waals surface area contributed by atoms with E-state index in [1.54, 1.807) is 7.11 Å². The molecule has 0 aliphatic heterocycles. The summed E-state index contributed by atoms with van der Waals surface area (Å²) in [6.45, 7) is 4.81. The number of nitrogens with zero attached hydrogens (tertiary/aromatic N) is 1. The average molecular weight is 221 g/mol. The molecular weight excluding hydrogens is 202 g/mol. The molecule has 4 nitrogen and oxygen atoms in total. The molecule has 1 rings (SSSR count). The van der Waals surface area contributed by atoms with E-state index in [1.165, 1.54) is 0 Å². The Bertz CT molecular complexity index is 375. The number of aryl methyl sites for hydroxylation is 1. The minimum absolute atomic E-state index is 0.454. The minimum atomic E-state index is 0.454. The van der Waals surface area contributed by atoms with Crippen LogP contribution in [-0.4, -0.2) is 19.6 Å². The van der Waals surface area contributed by atoms with Crippen molar-refractivity contribution < 1.29 is 4.74 Å². The Morgan fingerprint density at radius 3 is 2.81 bits per heavy atom.